The Labute approximate surface area is 138 Å². The normalized spacial score (nSPS) is 17.8. The van der Waals surface area contributed by atoms with E-state index in [9.17, 15) is 9.59 Å². The molecule has 0 saturated heterocycles. The van der Waals surface area contributed by atoms with Crippen LogP contribution in [0.2, 0.25) is 0 Å². The Morgan fingerprint density at radius 2 is 2.04 bits per heavy atom. The summed E-state index contributed by atoms with van der Waals surface area (Å²) in [5.41, 5.74) is 1.66. The number of fused-ring (bicyclic) bond motifs is 1. The first-order chi connectivity index (χ1) is 10.8. The van der Waals surface area contributed by atoms with E-state index < -0.39 is 6.10 Å². The summed E-state index contributed by atoms with van der Waals surface area (Å²) in [5.74, 6) is 0.992. The molecule has 2 amide bonds. The van der Waals surface area contributed by atoms with Crippen molar-refractivity contribution in [3.8, 4) is 5.75 Å². The number of carbonyl (C=O) groups is 2. The number of hydrogen-bond acceptors (Lipinski definition) is 3. The van der Waals surface area contributed by atoms with Crippen LogP contribution in [0.15, 0.2) is 18.2 Å². The van der Waals surface area contributed by atoms with Crippen LogP contribution >= 0.6 is 0 Å². The van der Waals surface area contributed by atoms with Crippen LogP contribution in [-0.4, -0.2) is 29.4 Å². The molecule has 126 valence electrons. The van der Waals surface area contributed by atoms with Gasteiger partial charge in [0.1, 0.15) is 5.75 Å². The van der Waals surface area contributed by atoms with Crippen LogP contribution in [0.25, 0.3) is 0 Å². The number of anilines is 1. The van der Waals surface area contributed by atoms with E-state index in [1.165, 1.54) is 0 Å². The van der Waals surface area contributed by atoms with E-state index in [4.69, 9.17) is 4.74 Å². The Morgan fingerprint density at radius 1 is 1.35 bits per heavy atom. The molecule has 0 bridgehead atoms. The van der Waals surface area contributed by atoms with Gasteiger partial charge in [0.2, 0.25) is 5.91 Å². The molecule has 1 N–H and O–H groups in total. The van der Waals surface area contributed by atoms with Gasteiger partial charge in [0.05, 0.1) is 0 Å². The molecule has 1 unspecified atom stereocenters. The van der Waals surface area contributed by atoms with Gasteiger partial charge >= 0.3 is 0 Å². The number of hydrogen-bond donors (Lipinski definition) is 1. The van der Waals surface area contributed by atoms with Gasteiger partial charge in [-0.1, -0.05) is 27.7 Å². The summed E-state index contributed by atoms with van der Waals surface area (Å²) in [4.78, 5) is 26.1. The standard InChI is InChI=1S/C18H26N2O3/c1-11(2)9-20-10-14-8-15(19-17(21)12(3)4)6-7-16(14)23-13(5)18(20)22/h6-8,11-13H,9-10H2,1-5H3,(H,19,21). The van der Waals surface area contributed by atoms with E-state index in [1.54, 1.807) is 6.92 Å². The SMILES string of the molecule is CC(C)CN1Cc2cc(NC(=O)C(C)C)ccc2OC(C)C1=O. The van der Waals surface area contributed by atoms with Crippen LogP contribution in [0.3, 0.4) is 0 Å². The highest BCUT2D eigenvalue weighted by molar-refractivity contribution is 5.92. The summed E-state index contributed by atoms with van der Waals surface area (Å²) in [6, 6.07) is 5.54. The van der Waals surface area contributed by atoms with Gasteiger partial charge in [0, 0.05) is 30.3 Å². The molecule has 0 saturated carbocycles. The van der Waals surface area contributed by atoms with Crippen LogP contribution < -0.4 is 10.1 Å². The fraction of sp³-hybridized carbons (Fsp3) is 0.556. The number of rotatable bonds is 4. The molecule has 1 atom stereocenters. The molecule has 1 aromatic rings. The molecule has 1 aromatic carbocycles. The number of nitrogens with zero attached hydrogens (tertiary/aromatic N) is 1. The molecule has 1 aliphatic rings. The number of nitrogens with one attached hydrogen (secondary N) is 1. The van der Waals surface area contributed by atoms with Crippen molar-refractivity contribution in [2.45, 2.75) is 47.3 Å². The Morgan fingerprint density at radius 3 is 2.65 bits per heavy atom. The van der Waals surface area contributed by atoms with E-state index in [2.05, 4.69) is 19.2 Å². The third-order valence-corrected chi connectivity index (χ3v) is 3.76. The minimum atomic E-state index is -0.494. The maximum Gasteiger partial charge on any atom is 0.263 e. The van der Waals surface area contributed by atoms with Gasteiger partial charge < -0.3 is 15.0 Å². The Kier molecular flexibility index (Phi) is 5.29. The zero-order valence-electron chi connectivity index (χ0n) is 14.6. The topological polar surface area (TPSA) is 58.6 Å². The van der Waals surface area contributed by atoms with Gasteiger partial charge in [-0.3, -0.25) is 9.59 Å². The Hall–Kier alpha value is -2.04. The summed E-state index contributed by atoms with van der Waals surface area (Å²) in [5, 5.41) is 2.89. The molecular formula is C18H26N2O3. The zero-order chi connectivity index (χ0) is 17.1. The third kappa shape index (κ3) is 4.24. The number of carbonyl (C=O) groups excluding carboxylic acids is 2. The van der Waals surface area contributed by atoms with Gasteiger partial charge in [-0.25, -0.2) is 0 Å². The van der Waals surface area contributed by atoms with Crippen LogP contribution in [0.4, 0.5) is 5.69 Å². The molecule has 0 fully saturated rings. The lowest BCUT2D eigenvalue weighted by molar-refractivity contribution is -0.138. The zero-order valence-corrected chi connectivity index (χ0v) is 14.6. The van der Waals surface area contributed by atoms with Crippen LogP contribution in [0.1, 0.15) is 40.2 Å². The molecule has 0 spiro atoms. The van der Waals surface area contributed by atoms with Crippen molar-refractivity contribution in [2.75, 3.05) is 11.9 Å². The fourth-order valence-electron chi connectivity index (χ4n) is 2.56. The second kappa shape index (κ2) is 7.02. The minimum Gasteiger partial charge on any atom is -0.481 e. The van der Waals surface area contributed by atoms with E-state index >= 15 is 0 Å². The first-order valence-electron chi connectivity index (χ1n) is 8.17. The molecule has 2 rings (SSSR count). The third-order valence-electron chi connectivity index (χ3n) is 3.76. The van der Waals surface area contributed by atoms with Gasteiger partial charge in [0.15, 0.2) is 6.10 Å². The molecule has 0 aromatic heterocycles. The minimum absolute atomic E-state index is 0.00247. The monoisotopic (exact) mass is 318 g/mol. The van der Waals surface area contributed by atoms with Crippen molar-refractivity contribution in [3.05, 3.63) is 23.8 Å². The molecule has 0 aliphatic carbocycles. The fourth-order valence-corrected chi connectivity index (χ4v) is 2.56. The van der Waals surface area contributed by atoms with Crippen LogP contribution in [0.5, 0.6) is 5.75 Å². The highest BCUT2D eigenvalue weighted by Gasteiger charge is 2.28. The van der Waals surface area contributed by atoms with Crippen molar-refractivity contribution >= 4 is 17.5 Å². The molecule has 1 aliphatic heterocycles. The maximum atomic E-state index is 12.4. The van der Waals surface area contributed by atoms with Gasteiger partial charge in [-0.05, 0) is 31.0 Å². The summed E-state index contributed by atoms with van der Waals surface area (Å²) in [6.07, 6.45) is -0.494. The van der Waals surface area contributed by atoms with Gasteiger partial charge in [-0.2, -0.15) is 0 Å². The lowest BCUT2D eigenvalue weighted by Gasteiger charge is -2.24. The Bertz CT molecular complexity index is 596. The van der Waals surface area contributed by atoms with Crippen molar-refractivity contribution in [3.63, 3.8) is 0 Å². The van der Waals surface area contributed by atoms with E-state index in [-0.39, 0.29) is 17.7 Å². The quantitative estimate of drug-likeness (QED) is 0.928. The van der Waals surface area contributed by atoms with Crippen molar-refractivity contribution in [1.29, 1.82) is 0 Å². The van der Waals surface area contributed by atoms with E-state index in [0.29, 0.717) is 24.8 Å². The number of benzene rings is 1. The number of ether oxygens (including phenoxy) is 1. The predicted molar refractivity (Wildman–Crippen MR) is 90.3 cm³/mol. The molecule has 23 heavy (non-hydrogen) atoms. The summed E-state index contributed by atoms with van der Waals surface area (Å²) in [7, 11) is 0. The lowest BCUT2D eigenvalue weighted by atomic mass is 10.1. The lowest BCUT2D eigenvalue weighted by Crippen LogP contribution is -2.39. The molecular weight excluding hydrogens is 292 g/mol. The molecule has 5 nitrogen and oxygen atoms in total. The predicted octanol–water partition coefficient (Wildman–Crippen LogP) is 3.05. The van der Waals surface area contributed by atoms with E-state index in [0.717, 1.165) is 11.3 Å². The van der Waals surface area contributed by atoms with Crippen LogP contribution in [-0.2, 0) is 16.1 Å². The highest BCUT2D eigenvalue weighted by Crippen LogP contribution is 2.29. The van der Waals surface area contributed by atoms with Crippen molar-refractivity contribution in [2.24, 2.45) is 11.8 Å². The number of amides is 2. The molecule has 5 heteroatoms. The largest absolute Gasteiger partial charge is 0.481 e. The molecule has 0 radical (unpaired) electrons. The second-order valence-corrected chi connectivity index (χ2v) is 6.84. The first-order valence-corrected chi connectivity index (χ1v) is 8.17. The second-order valence-electron chi connectivity index (χ2n) is 6.84. The smallest absolute Gasteiger partial charge is 0.263 e. The molecule has 1 heterocycles. The Balaban J connectivity index is 2.27. The summed E-state index contributed by atoms with van der Waals surface area (Å²) >= 11 is 0. The highest BCUT2D eigenvalue weighted by atomic mass is 16.5. The van der Waals surface area contributed by atoms with Crippen LogP contribution in [0, 0.1) is 11.8 Å². The van der Waals surface area contributed by atoms with E-state index in [1.807, 2.05) is 36.9 Å². The average molecular weight is 318 g/mol. The maximum absolute atomic E-state index is 12.4. The van der Waals surface area contributed by atoms with Crippen molar-refractivity contribution in [1.82, 2.24) is 4.90 Å². The first kappa shape index (κ1) is 17.3. The van der Waals surface area contributed by atoms with Gasteiger partial charge in [0.25, 0.3) is 5.91 Å². The van der Waals surface area contributed by atoms with Gasteiger partial charge in [-0.15, -0.1) is 0 Å². The average Bonchev–Trinajstić information content (AvgIpc) is 2.57. The summed E-state index contributed by atoms with van der Waals surface area (Å²) < 4.78 is 5.78. The van der Waals surface area contributed by atoms with Crippen molar-refractivity contribution < 1.29 is 14.3 Å². The summed E-state index contributed by atoms with van der Waals surface area (Å²) in [6.45, 7) is 10.9.